The van der Waals surface area contributed by atoms with E-state index in [0.717, 1.165) is 0 Å². The molecule has 114 valence electrons. The lowest BCUT2D eigenvalue weighted by atomic mass is 10.2. The maximum atomic E-state index is 11.7. The van der Waals surface area contributed by atoms with Gasteiger partial charge in [-0.25, -0.2) is 9.59 Å². The normalized spacial score (nSPS) is 10.1. The number of amides is 3. The highest BCUT2D eigenvalue weighted by Crippen LogP contribution is 2.21. The van der Waals surface area contributed by atoms with Gasteiger partial charge in [-0.2, -0.15) is 0 Å². The summed E-state index contributed by atoms with van der Waals surface area (Å²) in [7, 11) is 0. The Balaban J connectivity index is 2.51. The largest absolute Gasteiger partial charge is 0.452 e. The van der Waals surface area contributed by atoms with Gasteiger partial charge in [0.05, 0.1) is 10.6 Å². The van der Waals surface area contributed by atoms with Crippen LogP contribution in [0.4, 0.5) is 4.79 Å². The van der Waals surface area contributed by atoms with Crippen molar-refractivity contribution in [2.24, 2.45) is 0 Å². The Hall–Kier alpha value is -1.79. The first-order chi connectivity index (χ1) is 9.79. The standard InChI is InChI=1S/C13H14Cl2N2O4/c1-7(2)16-13(20)17-11(18)6-21-12(19)9-5-8(14)3-4-10(9)15/h3-5,7H,6H2,1-2H3,(H2,16,17,18,20). The van der Waals surface area contributed by atoms with Crippen LogP contribution in [0.1, 0.15) is 24.2 Å². The first kappa shape index (κ1) is 17.3. The number of hydrogen-bond donors (Lipinski definition) is 2. The average molecular weight is 333 g/mol. The van der Waals surface area contributed by atoms with Crippen LogP contribution in [-0.4, -0.2) is 30.6 Å². The Morgan fingerprint density at radius 3 is 2.52 bits per heavy atom. The van der Waals surface area contributed by atoms with E-state index >= 15 is 0 Å². The molecule has 2 N–H and O–H groups in total. The number of carbonyl (C=O) groups is 3. The van der Waals surface area contributed by atoms with Crippen LogP contribution < -0.4 is 10.6 Å². The fourth-order valence-corrected chi connectivity index (χ4v) is 1.69. The molecule has 0 fully saturated rings. The molecule has 21 heavy (non-hydrogen) atoms. The molecule has 0 radical (unpaired) electrons. The van der Waals surface area contributed by atoms with Gasteiger partial charge in [0.25, 0.3) is 5.91 Å². The Labute approximate surface area is 131 Å². The van der Waals surface area contributed by atoms with Gasteiger partial charge < -0.3 is 10.1 Å². The third-order valence-corrected chi connectivity index (χ3v) is 2.72. The summed E-state index contributed by atoms with van der Waals surface area (Å²) in [4.78, 5) is 34.4. The number of rotatable bonds is 4. The van der Waals surface area contributed by atoms with Crippen molar-refractivity contribution < 1.29 is 19.1 Å². The highest BCUT2D eigenvalue weighted by molar-refractivity contribution is 6.35. The van der Waals surface area contributed by atoms with Gasteiger partial charge in [-0.05, 0) is 32.0 Å². The third-order valence-electron chi connectivity index (χ3n) is 2.16. The molecule has 3 amide bonds. The summed E-state index contributed by atoms with van der Waals surface area (Å²) in [5.41, 5.74) is 0.0450. The van der Waals surface area contributed by atoms with Crippen LogP contribution in [0.3, 0.4) is 0 Å². The van der Waals surface area contributed by atoms with Gasteiger partial charge in [0.15, 0.2) is 6.61 Å². The van der Waals surface area contributed by atoms with E-state index in [9.17, 15) is 14.4 Å². The molecule has 0 aliphatic heterocycles. The Kier molecular flexibility index (Phi) is 6.45. The lowest BCUT2D eigenvalue weighted by Crippen LogP contribution is -2.44. The second-order valence-corrected chi connectivity index (χ2v) is 5.22. The van der Waals surface area contributed by atoms with Crippen molar-refractivity contribution in [3.05, 3.63) is 33.8 Å². The van der Waals surface area contributed by atoms with E-state index in [-0.39, 0.29) is 16.6 Å². The van der Waals surface area contributed by atoms with Crippen LogP contribution in [0, 0.1) is 0 Å². The fourth-order valence-electron chi connectivity index (χ4n) is 1.32. The first-order valence-electron chi connectivity index (χ1n) is 6.02. The molecule has 0 spiro atoms. The van der Waals surface area contributed by atoms with Crippen molar-refractivity contribution in [3.8, 4) is 0 Å². The van der Waals surface area contributed by atoms with E-state index < -0.39 is 24.5 Å². The molecule has 0 aromatic heterocycles. The van der Waals surface area contributed by atoms with Crippen LogP contribution in [-0.2, 0) is 9.53 Å². The SMILES string of the molecule is CC(C)NC(=O)NC(=O)COC(=O)c1cc(Cl)ccc1Cl. The predicted octanol–water partition coefficient (Wildman–Crippen LogP) is 2.38. The average Bonchev–Trinajstić information content (AvgIpc) is 2.37. The second-order valence-electron chi connectivity index (χ2n) is 4.38. The summed E-state index contributed by atoms with van der Waals surface area (Å²) < 4.78 is 4.76. The molecule has 0 saturated carbocycles. The van der Waals surface area contributed by atoms with Gasteiger partial charge in [-0.1, -0.05) is 23.2 Å². The molecule has 1 aromatic rings. The molecule has 0 unspecified atom stereocenters. The van der Waals surface area contributed by atoms with E-state index in [1.165, 1.54) is 18.2 Å². The summed E-state index contributed by atoms with van der Waals surface area (Å²) in [5.74, 6) is -1.55. The molecule has 8 heteroatoms. The maximum absolute atomic E-state index is 11.7. The van der Waals surface area contributed by atoms with Gasteiger partial charge >= 0.3 is 12.0 Å². The molecule has 0 saturated heterocycles. The van der Waals surface area contributed by atoms with Crippen molar-refractivity contribution >= 4 is 41.1 Å². The van der Waals surface area contributed by atoms with Crippen molar-refractivity contribution in [2.75, 3.05) is 6.61 Å². The first-order valence-corrected chi connectivity index (χ1v) is 6.77. The molecular formula is C13H14Cl2N2O4. The summed E-state index contributed by atoms with van der Waals surface area (Å²) in [6.07, 6.45) is 0. The van der Waals surface area contributed by atoms with Crippen LogP contribution >= 0.6 is 23.2 Å². The summed E-state index contributed by atoms with van der Waals surface area (Å²) in [5, 5.41) is 4.95. The van der Waals surface area contributed by atoms with Gasteiger partial charge in [0, 0.05) is 11.1 Å². The zero-order chi connectivity index (χ0) is 16.0. The number of ether oxygens (including phenoxy) is 1. The highest BCUT2D eigenvalue weighted by Gasteiger charge is 2.15. The Morgan fingerprint density at radius 2 is 1.90 bits per heavy atom. The number of esters is 1. The quantitative estimate of drug-likeness (QED) is 0.829. The highest BCUT2D eigenvalue weighted by atomic mass is 35.5. The number of benzene rings is 1. The minimum Gasteiger partial charge on any atom is -0.452 e. The van der Waals surface area contributed by atoms with Gasteiger partial charge in [-0.3, -0.25) is 10.1 Å². The lowest BCUT2D eigenvalue weighted by molar-refractivity contribution is -0.123. The number of imide groups is 1. The van der Waals surface area contributed by atoms with Gasteiger partial charge in [0.1, 0.15) is 0 Å². The fraction of sp³-hybridized carbons (Fsp3) is 0.308. The van der Waals surface area contributed by atoms with Crippen LogP contribution in [0.25, 0.3) is 0 Å². The van der Waals surface area contributed by atoms with Crippen LogP contribution in [0.5, 0.6) is 0 Å². The number of carbonyl (C=O) groups excluding carboxylic acids is 3. The summed E-state index contributed by atoms with van der Waals surface area (Å²) >= 11 is 11.6. The van der Waals surface area contributed by atoms with Gasteiger partial charge in [0.2, 0.25) is 0 Å². The monoisotopic (exact) mass is 332 g/mol. The van der Waals surface area contributed by atoms with Crippen molar-refractivity contribution in [2.45, 2.75) is 19.9 Å². The van der Waals surface area contributed by atoms with E-state index in [4.69, 9.17) is 27.9 Å². The minimum absolute atomic E-state index is 0.0450. The molecule has 1 rings (SSSR count). The van der Waals surface area contributed by atoms with E-state index in [1.54, 1.807) is 13.8 Å². The van der Waals surface area contributed by atoms with Crippen molar-refractivity contribution in [3.63, 3.8) is 0 Å². The maximum Gasteiger partial charge on any atom is 0.340 e. The second kappa shape index (κ2) is 7.85. The van der Waals surface area contributed by atoms with Crippen molar-refractivity contribution in [1.29, 1.82) is 0 Å². The predicted molar refractivity (Wildman–Crippen MR) is 78.6 cm³/mol. The zero-order valence-corrected chi connectivity index (χ0v) is 12.9. The van der Waals surface area contributed by atoms with E-state index in [1.807, 2.05) is 5.32 Å². The Bertz CT molecular complexity index is 561. The smallest absolute Gasteiger partial charge is 0.340 e. The molecular weight excluding hydrogens is 319 g/mol. The minimum atomic E-state index is -0.804. The topological polar surface area (TPSA) is 84.5 Å². The molecule has 0 aliphatic carbocycles. The number of urea groups is 1. The third kappa shape index (κ3) is 6.01. The van der Waals surface area contributed by atoms with Gasteiger partial charge in [-0.15, -0.1) is 0 Å². The molecule has 0 heterocycles. The number of halogens is 2. The molecule has 0 aliphatic rings. The Morgan fingerprint density at radius 1 is 1.24 bits per heavy atom. The molecule has 6 nitrogen and oxygen atoms in total. The zero-order valence-electron chi connectivity index (χ0n) is 11.4. The summed E-state index contributed by atoms with van der Waals surface area (Å²) in [6, 6.07) is 3.51. The van der Waals surface area contributed by atoms with E-state index in [0.29, 0.717) is 5.02 Å². The van der Waals surface area contributed by atoms with E-state index in [2.05, 4.69) is 5.32 Å². The van der Waals surface area contributed by atoms with Crippen molar-refractivity contribution in [1.82, 2.24) is 10.6 Å². The lowest BCUT2D eigenvalue weighted by Gasteiger charge is -2.09. The van der Waals surface area contributed by atoms with Crippen LogP contribution in [0.15, 0.2) is 18.2 Å². The molecule has 1 aromatic carbocycles. The number of nitrogens with one attached hydrogen (secondary N) is 2. The molecule has 0 atom stereocenters. The van der Waals surface area contributed by atoms with Crippen LogP contribution in [0.2, 0.25) is 10.0 Å². The molecule has 0 bridgehead atoms. The number of hydrogen-bond acceptors (Lipinski definition) is 4. The summed E-state index contributed by atoms with van der Waals surface area (Å²) in [6.45, 7) is 2.88.